The molecule has 2 N–H and O–H groups in total. The van der Waals surface area contributed by atoms with Gasteiger partial charge in [0.1, 0.15) is 11.6 Å². The molecule has 0 unspecified atom stereocenters. The van der Waals surface area contributed by atoms with Crippen molar-refractivity contribution in [1.29, 1.82) is 0 Å². The molecule has 3 aromatic rings. The van der Waals surface area contributed by atoms with Gasteiger partial charge < -0.3 is 10.1 Å². The van der Waals surface area contributed by atoms with E-state index < -0.39 is 21.7 Å². The standard InChI is InChI=1S/C24H25FN2O4S/c1-4-31-23-14-13-19(15-22(23)26-24(28)20-7-5-6-8-21(20)25)32(29,30)27-18-11-9-17(10-12-18)16(2)3/h5-16,27H,4H2,1-3H3,(H,26,28). The molecule has 0 saturated heterocycles. The maximum atomic E-state index is 14.0. The summed E-state index contributed by atoms with van der Waals surface area (Å²) in [6.45, 7) is 6.16. The van der Waals surface area contributed by atoms with Gasteiger partial charge in [0.15, 0.2) is 0 Å². The number of nitrogens with one attached hydrogen (secondary N) is 2. The van der Waals surface area contributed by atoms with Crippen LogP contribution in [-0.4, -0.2) is 20.9 Å². The second-order valence-electron chi connectivity index (χ2n) is 7.41. The van der Waals surface area contributed by atoms with Gasteiger partial charge in [0.25, 0.3) is 15.9 Å². The molecule has 0 aliphatic heterocycles. The maximum absolute atomic E-state index is 14.0. The fraction of sp³-hybridized carbons (Fsp3) is 0.208. The molecular weight excluding hydrogens is 431 g/mol. The Balaban J connectivity index is 1.90. The molecule has 3 aromatic carbocycles. The van der Waals surface area contributed by atoms with E-state index in [9.17, 15) is 17.6 Å². The molecular formula is C24H25FN2O4S. The topological polar surface area (TPSA) is 84.5 Å². The van der Waals surface area contributed by atoms with E-state index in [1.807, 2.05) is 12.1 Å². The van der Waals surface area contributed by atoms with E-state index >= 15 is 0 Å². The highest BCUT2D eigenvalue weighted by atomic mass is 32.2. The van der Waals surface area contributed by atoms with Gasteiger partial charge in [-0.2, -0.15) is 0 Å². The molecule has 0 aliphatic rings. The first-order chi connectivity index (χ1) is 15.2. The zero-order valence-corrected chi connectivity index (χ0v) is 18.9. The monoisotopic (exact) mass is 456 g/mol. The summed E-state index contributed by atoms with van der Waals surface area (Å²) in [4.78, 5) is 12.5. The van der Waals surface area contributed by atoms with Crippen molar-refractivity contribution >= 4 is 27.3 Å². The van der Waals surface area contributed by atoms with Crippen molar-refractivity contribution in [3.63, 3.8) is 0 Å². The molecule has 0 atom stereocenters. The fourth-order valence-corrected chi connectivity index (χ4v) is 4.12. The normalized spacial score (nSPS) is 11.3. The second kappa shape index (κ2) is 9.82. The van der Waals surface area contributed by atoms with Crippen molar-refractivity contribution in [2.24, 2.45) is 0 Å². The van der Waals surface area contributed by atoms with Gasteiger partial charge in [0.2, 0.25) is 0 Å². The summed E-state index contributed by atoms with van der Waals surface area (Å²) >= 11 is 0. The lowest BCUT2D eigenvalue weighted by atomic mass is 10.0. The average molecular weight is 457 g/mol. The van der Waals surface area contributed by atoms with Crippen LogP contribution < -0.4 is 14.8 Å². The number of ether oxygens (including phenoxy) is 1. The molecule has 0 aliphatic carbocycles. The van der Waals surface area contributed by atoms with Gasteiger partial charge in [-0.05, 0) is 60.9 Å². The van der Waals surface area contributed by atoms with Crippen molar-refractivity contribution in [3.05, 3.63) is 83.7 Å². The van der Waals surface area contributed by atoms with Gasteiger partial charge in [0.05, 0.1) is 22.8 Å². The summed E-state index contributed by atoms with van der Waals surface area (Å²) in [5, 5.41) is 2.55. The molecule has 3 rings (SSSR count). The van der Waals surface area contributed by atoms with Crippen molar-refractivity contribution in [2.75, 3.05) is 16.6 Å². The highest BCUT2D eigenvalue weighted by Crippen LogP contribution is 2.30. The Hall–Kier alpha value is -3.39. The lowest BCUT2D eigenvalue weighted by Crippen LogP contribution is -2.17. The number of amides is 1. The first-order valence-electron chi connectivity index (χ1n) is 10.2. The van der Waals surface area contributed by atoms with E-state index in [0.29, 0.717) is 18.2 Å². The SMILES string of the molecule is CCOc1ccc(S(=O)(=O)Nc2ccc(C(C)C)cc2)cc1NC(=O)c1ccccc1F. The van der Waals surface area contributed by atoms with Crippen LogP contribution in [0.5, 0.6) is 5.75 Å². The minimum absolute atomic E-state index is 0.0716. The summed E-state index contributed by atoms with van der Waals surface area (Å²) in [5.41, 5.74) is 1.47. The van der Waals surface area contributed by atoms with Crippen LogP contribution in [0.25, 0.3) is 0 Å². The number of carbonyl (C=O) groups is 1. The Morgan fingerprint density at radius 2 is 1.72 bits per heavy atom. The Bertz CT molecular complexity index is 1210. The Kier molecular flexibility index (Phi) is 7.15. The number of halogens is 1. The molecule has 0 spiro atoms. The predicted octanol–water partition coefficient (Wildman–Crippen LogP) is 5.40. The van der Waals surface area contributed by atoms with Crippen LogP contribution in [-0.2, 0) is 10.0 Å². The smallest absolute Gasteiger partial charge is 0.261 e. The third-order valence-electron chi connectivity index (χ3n) is 4.76. The molecule has 168 valence electrons. The van der Waals surface area contributed by atoms with Gasteiger partial charge in [-0.1, -0.05) is 38.1 Å². The van der Waals surface area contributed by atoms with Gasteiger partial charge in [0, 0.05) is 5.69 Å². The molecule has 8 heteroatoms. The Morgan fingerprint density at radius 3 is 2.34 bits per heavy atom. The van der Waals surface area contributed by atoms with Crippen molar-refractivity contribution in [1.82, 2.24) is 0 Å². The number of carbonyl (C=O) groups excluding carboxylic acids is 1. The van der Waals surface area contributed by atoms with Crippen LogP contribution in [0.3, 0.4) is 0 Å². The molecule has 0 saturated carbocycles. The summed E-state index contributed by atoms with van der Waals surface area (Å²) in [5.74, 6) is -0.793. The Labute approximate surface area is 187 Å². The van der Waals surface area contributed by atoms with Crippen molar-refractivity contribution in [3.8, 4) is 5.75 Å². The summed E-state index contributed by atoms with van der Waals surface area (Å²) in [6.07, 6.45) is 0. The summed E-state index contributed by atoms with van der Waals surface area (Å²) < 4.78 is 47.9. The first kappa shape index (κ1) is 23.3. The van der Waals surface area contributed by atoms with Gasteiger partial charge in [-0.15, -0.1) is 0 Å². The number of rotatable bonds is 8. The zero-order valence-electron chi connectivity index (χ0n) is 18.1. The third kappa shape index (κ3) is 5.45. The van der Waals surface area contributed by atoms with E-state index in [4.69, 9.17) is 4.74 Å². The molecule has 0 aromatic heterocycles. The lowest BCUT2D eigenvalue weighted by Gasteiger charge is -2.15. The van der Waals surface area contributed by atoms with Gasteiger partial charge in [-0.25, -0.2) is 12.8 Å². The molecule has 32 heavy (non-hydrogen) atoms. The van der Waals surface area contributed by atoms with Crippen LogP contribution in [0.2, 0.25) is 0 Å². The van der Waals surface area contributed by atoms with Crippen LogP contribution in [0.4, 0.5) is 15.8 Å². The second-order valence-corrected chi connectivity index (χ2v) is 9.09. The van der Waals surface area contributed by atoms with Crippen molar-refractivity contribution in [2.45, 2.75) is 31.6 Å². The van der Waals surface area contributed by atoms with Crippen LogP contribution in [0, 0.1) is 5.82 Å². The van der Waals surface area contributed by atoms with Crippen molar-refractivity contribution < 1.29 is 22.3 Å². The third-order valence-corrected chi connectivity index (χ3v) is 6.14. The van der Waals surface area contributed by atoms with Gasteiger partial charge >= 0.3 is 0 Å². The predicted molar refractivity (Wildman–Crippen MR) is 123 cm³/mol. The quantitative estimate of drug-likeness (QED) is 0.475. The van der Waals surface area contributed by atoms with Gasteiger partial charge in [-0.3, -0.25) is 9.52 Å². The zero-order chi connectivity index (χ0) is 23.3. The molecule has 0 fully saturated rings. The van der Waals surface area contributed by atoms with E-state index in [-0.39, 0.29) is 21.9 Å². The minimum atomic E-state index is -3.94. The number of benzene rings is 3. The fourth-order valence-electron chi connectivity index (χ4n) is 3.04. The van der Waals surface area contributed by atoms with Crippen LogP contribution in [0.1, 0.15) is 42.6 Å². The van der Waals surface area contributed by atoms with E-state index in [1.54, 1.807) is 19.1 Å². The largest absolute Gasteiger partial charge is 0.492 e. The van der Waals surface area contributed by atoms with Crippen LogP contribution in [0.15, 0.2) is 71.6 Å². The molecule has 0 heterocycles. The number of hydrogen-bond acceptors (Lipinski definition) is 4. The number of sulfonamides is 1. The Morgan fingerprint density at radius 1 is 1.03 bits per heavy atom. The highest BCUT2D eigenvalue weighted by molar-refractivity contribution is 7.92. The molecule has 1 amide bonds. The summed E-state index contributed by atoms with van der Waals surface area (Å²) in [6, 6.07) is 16.8. The lowest BCUT2D eigenvalue weighted by molar-refractivity contribution is 0.102. The number of anilines is 2. The molecule has 0 bridgehead atoms. The van der Waals surface area contributed by atoms with Crippen LogP contribution >= 0.6 is 0 Å². The van der Waals surface area contributed by atoms with E-state index in [2.05, 4.69) is 23.9 Å². The minimum Gasteiger partial charge on any atom is -0.492 e. The first-order valence-corrected chi connectivity index (χ1v) is 11.6. The highest BCUT2D eigenvalue weighted by Gasteiger charge is 2.19. The van der Waals surface area contributed by atoms with E-state index in [1.165, 1.54) is 42.5 Å². The molecule has 0 radical (unpaired) electrons. The maximum Gasteiger partial charge on any atom is 0.261 e. The molecule has 6 nitrogen and oxygen atoms in total. The number of hydrogen-bond donors (Lipinski definition) is 2. The summed E-state index contributed by atoms with van der Waals surface area (Å²) in [7, 11) is -3.94. The van der Waals surface area contributed by atoms with E-state index in [0.717, 1.165) is 5.56 Å². The average Bonchev–Trinajstić information content (AvgIpc) is 2.75.